The molecule has 136 valence electrons. The van der Waals surface area contributed by atoms with Gasteiger partial charge in [-0.3, -0.25) is 4.57 Å². The zero-order valence-corrected chi connectivity index (χ0v) is 14.7. The van der Waals surface area contributed by atoms with Crippen molar-refractivity contribution in [2.24, 2.45) is 7.05 Å². The van der Waals surface area contributed by atoms with Gasteiger partial charge in [-0.1, -0.05) is 17.7 Å². The number of aromatic nitrogens is 3. The van der Waals surface area contributed by atoms with Crippen molar-refractivity contribution in [3.63, 3.8) is 0 Å². The zero-order chi connectivity index (χ0) is 19.1. The summed E-state index contributed by atoms with van der Waals surface area (Å²) >= 11 is 6.00. The molecule has 0 fully saturated rings. The van der Waals surface area contributed by atoms with Crippen LogP contribution in [0.2, 0.25) is 5.02 Å². The van der Waals surface area contributed by atoms with E-state index in [1.807, 2.05) is 6.07 Å². The van der Waals surface area contributed by atoms with Crippen LogP contribution >= 0.6 is 11.6 Å². The number of anilines is 3. The summed E-state index contributed by atoms with van der Waals surface area (Å²) in [4.78, 5) is 1.69. The molecule has 0 amide bonds. The smallest absolute Gasteiger partial charge is 0.399 e. The molecule has 3 aromatic rings. The Balaban J connectivity index is 2.08. The SMILES string of the molecule is CN(c1cccc(Cl)c1)c1nnc(-c2ccc(N)cc2C(F)(F)F)n1C. The van der Waals surface area contributed by atoms with E-state index in [9.17, 15) is 13.2 Å². The quantitative estimate of drug-likeness (QED) is 0.678. The lowest BCUT2D eigenvalue weighted by Gasteiger charge is -2.19. The van der Waals surface area contributed by atoms with Crippen LogP contribution in [0.25, 0.3) is 11.4 Å². The normalized spacial score (nSPS) is 11.6. The average molecular weight is 382 g/mol. The fourth-order valence-corrected chi connectivity index (χ4v) is 2.82. The van der Waals surface area contributed by atoms with Gasteiger partial charge in [0, 0.05) is 36.1 Å². The summed E-state index contributed by atoms with van der Waals surface area (Å²) in [6.07, 6.45) is -4.56. The molecule has 3 rings (SSSR count). The number of nitrogen functional groups attached to an aromatic ring is 1. The Kier molecular flexibility index (Phi) is 4.53. The maximum Gasteiger partial charge on any atom is 0.417 e. The number of hydrogen-bond acceptors (Lipinski definition) is 4. The lowest BCUT2D eigenvalue weighted by atomic mass is 10.1. The standard InChI is InChI=1S/C17H15ClF3N5/c1-25(12-5-3-4-10(18)8-12)16-24-23-15(26(16)2)13-7-6-11(22)9-14(13)17(19,20)21/h3-9H,22H2,1-2H3. The van der Waals surface area contributed by atoms with E-state index in [2.05, 4.69) is 10.2 Å². The topological polar surface area (TPSA) is 60.0 Å². The van der Waals surface area contributed by atoms with Crippen LogP contribution in [0.15, 0.2) is 42.5 Å². The van der Waals surface area contributed by atoms with Gasteiger partial charge in [0.25, 0.3) is 0 Å². The Labute approximate surface area is 152 Å². The summed E-state index contributed by atoms with van der Waals surface area (Å²) in [5.74, 6) is 0.452. The summed E-state index contributed by atoms with van der Waals surface area (Å²) in [5.41, 5.74) is 5.33. The lowest BCUT2D eigenvalue weighted by Crippen LogP contribution is -2.15. The molecule has 0 aliphatic rings. The molecule has 0 bridgehead atoms. The molecule has 0 radical (unpaired) electrons. The first-order valence-corrected chi connectivity index (χ1v) is 7.92. The van der Waals surface area contributed by atoms with E-state index in [4.69, 9.17) is 17.3 Å². The van der Waals surface area contributed by atoms with E-state index in [-0.39, 0.29) is 17.1 Å². The number of nitrogens with zero attached hydrogens (tertiary/aromatic N) is 4. The second-order valence-electron chi connectivity index (χ2n) is 5.72. The van der Waals surface area contributed by atoms with Gasteiger partial charge in [0.05, 0.1) is 5.56 Å². The van der Waals surface area contributed by atoms with Gasteiger partial charge in [-0.05, 0) is 36.4 Å². The Bertz CT molecular complexity index is 952. The highest BCUT2D eigenvalue weighted by Gasteiger charge is 2.35. The van der Waals surface area contributed by atoms with Crippen molar-refractivity contribution in [2.75, 3.05) is 17.7 Å². The minimum absolute atomic E-state index is 0.0273. The third-order valence-electron chi connectivity index (χ3n) is 3.94. The van der Waals surface area contributed by atoms with Crippen molar-refractivity contribution in [3.8, 4) is 11.4 Å². The van der Waals surface area contributed by atoms with E-state index in [0.717, 1.165) is 11.8 Å². The largest absolute Gasteiger partial charge is 0.417 e. The van der Waals surface area contributed by atoms with E-state index in [0.29, 0.717) is 11.0 Å². The van der Waals surface area contributed by atoms with Crippen LogP contribution in [0.5, 0.6) is 0 Å². The van der Waals surface area contributed by atoms with Crippen molar-refractivity contribution >= 4 is 28.9 Å². The monoisotopic (exact) mass is 381 g/mol. The summed E-state index contributed by atoms with van der Waals surface area (Å²) in [6, 6.07) is 10.6. The Morgan fingerprint density at radius 1 is 1.12 bits per heavy atom. The van der Waals surface area contributed by atoms with E-state index in [1.54, 1.807) is 37.2 Å². The zero-order valence-electron chi connectivity index (χ0n) is 13.9. The number of nitrogens with two attached hydrogens (primary N) is 1. The summed E-state index contributed by atoms with van der Waals surface area (Å²) in [6.45, 7) is 0. The highest BCUT2D eigenvalue weighted by Crippen LogP contribution is 2.38. The highest BCUT2D eigenvalue weighted by molar-refractivity contribution is 6.30. The van der Waals surface area contributed by atoms with Crippen LogP contribution < -0.4 is 10.6 Å². The first kappa shape index (κ1) is 18.1. The van der Waals surface area contributed by atoms with Gasteiger partial charge in [0.2, 0.25) is 5.95 Å². The van der Waals surface area contributed by atoms with Crippen molar-refractivity contribution < 1.29 is 13.2 Å². The lowest BCUT2D eigenvalue weighted by molar-refractivity contribution is -0.137. The van der Waals surface area contributed by atoms with Crippen LogP contribution in [-0.2, 0) is 13.2 Å². The Morgan fingerprint density at radius 3 is 2.50 bits per heavy atom. The molecule has 1 aromatic heterocycles. The van der Waals surface area contributed by atoms with Gasteiger partial charge in [-0.2, -0.15) is 13.2 Å². The van der Waals surface area contributed by atoms with E-state index in [1.165, 1.54) is 16.7 Å². The van der Waals surface area contributed by atoms with Crippen LogP contribution in [0.3, 0.4) is 0 Å². The molecule has 5 nitrogen and oxygen atoms in total. The molecule has 0 saturated carbocycles. The van der Waals surface area contributed by atoms with Crippen molar-refractivity contribution in [1.82, 2.24) is 14.8 Å². The third kappa shape index (κ3) is 3.32. The third-order valence-corrected chi connectivity index (χ3v) is 4.17. The average Bonchev–Trinajstić information content (AvgIpc) is 2.95. The molecule has 1 heterocycles. The number of alkyl halides is 3. The molecular formula is C17H15ClF3N5. The van der Waals surface area contributed by atoms with Crippen molar-refractivity contribution in [2.45, 2.75) is 6.18 Å². The predicted molar refractivity (Wildman–Crippen MR) is 95.4 cm³/mol. The molecule has 26 heavy (non-hydrogen) atoms. The van der Waals surface area contributed by atoms with Crippen LogP contribution in [-0.4, -0.2) is 21.8 Å². The first-order valence-electron chi connectivity index (χ1n) is 7.54. The van der Waals surface area contributed by atoms with Crippen LogP contribution in [0, 0.1) is 0 Å². The van der Waals surface area contributed by atoms with Crippen LogP contribution in [0.1, 0.15) is 5.56 Å². The molecule has 9 heteroatoms. The fourth-order valence-electron chi connectivity index (χ4n) is 2.64. The minimum atomic E-state index is -4.56. The first-order chi connectivity index (χ1) is 12.2. The molecule has 0 aliphatic carbocycles. The summed E-state index contributed by atoms with van der Waals surface area (Å²) < 4.78 is 41.6. The van der Waals surface area contributed by atoms with Gasteiger partial charge in [-0.25, -0.2) is 0 Å². The van der Waals surface area contributed by atoms with E-state index >= 15 is 0 Å². The van der Waals surface area contributed by atoms with Crippen molar-refractivity contribution in [1.29, 1.82) is 0 Å². The molecule has 0 spiro atoms. The second kappa shape index (κ2) is 6.53. The Morgan fingerprint density at radius 2 is 1.85 bits per heavy atom. The minimum Gasteiger partial charge on any atom is -0.399 e. The van der Waals surface area contributed by atoms with Gasteiger partial charge in [0.15, 0.2) is 5.82 Å². The summed E-state index contributed by atoms with van der Waals surface area (Å²) in [7, 11) is 3.33. The highest BCUT2D eigenvalue weighted by atomic mass is 35.5. The fraction of sp³-hybridized carbons (Fsp3) is 0.176. The molecule has 0 unspecified atom stereocenters. The number of halogens is 4. The summed E-state index contributed by atoms with van der Waals surface area (Å²) in [5, 5.41) is 8.53. The van der Waals surface area contributed by atoms with Gasteiger partial charge in [0.1, 0.15) is 0 Å². The predicted octanol–water partition coefficient (Wildman–Crippen LogP) is 4.50. The number of hydrogen-bond donors (Lipinski definition) is 1. The molecule has 2 aromatic carbocycles. The second-order valence-corrected chi connectivity index (χ2v) is 6.16. The Hall–Kier alpha value is -2.74. The van der Waals surface area contributed by atoms with Gasteiger partial charge < -0.3 is 10.6 Å². The molecular weight excluding hydrogens is 367 g/mol. The van der Waals surface area contributed by atoms with E-state index < -0.39 is 11.7 Å². The molecule has 0 atom stereocenters. The van der Waals surface area contributed by atoms with Gasteiger partial charge in [-0.15, -0.1) is 10.2 Å². The molecule has 2 N–H and O–H groups in total. The maximum atomic E-state index is 13.4. The van der Waals surface area contributed by atoms with Crippen molar-refractivity contribution in [3.05, 3.63) is 53.1 Å². The molecule has 0 aliphatic heterocycles. The maximum absolute atomic E-state index is 13.4. The van der Waals surface area contributed by atoms with Crippen LogP contribution in [0.4, 0.5) is 30.5 Å². The number of benzene rings is 2. The number of rotatable bonds is 3. The molecule has 0 saturated heterocycles. The van der Waals surface area contributed by atoms with Gasteiger partial charge >= 0.3 is 6.18 Å².